The lowest BCUT2D eigenvalue weighted by atomic mass is 10.3. The van der Waals surface area contributed by atoms with E-state index in [0.29, 0.717) is 6.54 Å². The number of aromatic nitrogens is 2. The van der Waals surface area contributed by atoms with Crippen molar-refractivity contribution in [1.82, 2.24) is 20.2 Å². The Kier molecular flexibility index (Phi) is 8.97. The topological polar surface area (TPSA) is 53.4 Å². The van der Waals surface area contributed by atoms with Crippen LogP contribution in [0.3, 0.4) is 0 Å². The zero-order chi connectivity index (χ0) is 18.5. The fourth-order valence-corrected chi connectivity index (χ4v) is 2.48. The summed E-state index contributed by atoms with van der Waals surface area (Å²) in [6, 6.07) is 12.0. The zero-order valence-electron chi connectivity index (χ0n) is 15.4. The first-order chi connectivity index (χ1) is 12.8. The van der Waals surface area contributed by atoms with Gasteiger partial charge < -0.3 is 5.32 Å². The van der Waals surface area contributed by atoms with Crippen molar-refractivity contribution in [1.29, 1.82) is 0 Å². The summed E-state index contributed by atoms with van der Waals surface area (Å²) in [4.78, 5) is 15.3. The molecular formula is C21H27N5. The third-order valence-electron chi connectivity index (χ3n) is 3.82. The monoisotopic (exact) mass is 349 g/mol. The molecule has 0 atom stereocenters. The number of pyridine rings is 2. The predicted octanol–water partition coefficient (Wildman–Crippen LogP) is 3.23. The minimum absolute atomic E-state index is 0.703. The Balaban J connectivity index is 1.90. The van der Waals surface area contributed by atoms with Crippen LogP contribution in [0.25, 0.3) is 0 Å². The molecule has 2 aromatic rings. The average Bonchev–Trinajstić information content (AvgIpc) is 2.69. The maximum atomic E-state index is 4.44. The molecule has 2 heterocycles. The standard InChI is InChI=1S/C21H27N5/c1-3-4-9-19(22-2)16-23-14-15-26(17-20-10-5-7-12-24-20)18-21-11-6-8-13-25-21/h3-13,23H,2,14-18H2,1H3/b4-3-,19-9-. The van der Waals surface area contributed by atoms with Crippen LogP contribution in [0, 0.1) is 0 Å². The van der Waals surface area contributed by atoms with E-state index in [1.165, 1.54) is 0 Å². The van der Waals surface area contributed by atoms with Gasteiger partial charge in [0.05, 0.1) is 17.1 Å². The number of rotatable bonds is 11. The summed E-state index contributed by atoms with van der Waals surface area (Å²) in [6.45, 7) is 9.63. The third-order valence-corrected chi connectivity index (χ3v) is 3.82. The highest BCUT2D eigenvalue weighted by molar-refractivity contribution is 5.30. The summed E-state index contributed by atoms with van der Waals surface area (Å²) >= 11 is 0. The van der Waals surface area contributed by atoms with Gasteiger partial charge in [-0.25, -0.2) is 0 Å². The van der Waals surface area contributed by atoms with Crippen molar-refractivity contribution >= 4 is 6.72 Å². The van der Waals surface area contributed by atoms with E-state index in [-0.39, 0.29) is 0 Å². The van der Waals surface area contributed by atoms with Gasteiger partial charge in [-0.05, 0) is 44.0 Å². The number of aliphatic imine (C=N–C) groups is 1. The third kappa shape index (κ3) is 7.51. The molecule has 0 fully saturated rings. The van der Waals surface area contributed by atoms with Crippen molar-refractivity contribution in [2.24, 2.45) is 4.99 Å². The van der Waals surface area contributed by atoms with E-state index in [9.17, 15) is 0 Å². The quantitative estimate of drug-likeness (QED) is 0.384. The fraction of sp³-hybridized carbons (Fsp3) is 0.286. The predicted molar refractivity (Wildman–Crippen MR) is 108 cm³/mol. The Morgan fingerprint density at radius 2 is 1.77 bits per heavy atom. The van der Waals surface area contributed by atoms with Crippen LogP contribution >= 0.6 is 0 Å². The highest BCUT2D eigenvalue weighted by Crippen LogP contribution is 2.06. The minimum Gasteiger partial charge on any atom is -0.310 e. The number of nitrogens with zero attached hydrogens (tertiary/aromatic N) is 4. The molecule has 0 aliphatic rings. The van der Waals surface area contributed by atoms with E-state index in [2.05, 4.69) is 44.0 Å². The number of hydrogen-bond acceptors (Lipinski definition) is 5. The second-order valence-electron chi connectivity index (χ2n) is 5.87. The summed E-state index contributed by atoms with van der Waals surface area (Å²) in [7, 11) is 0. The van der Waals surface area contributed by atoms with Gasteiger partial charge in [-0.3, -0.25) is 19.9 Å². The SMILES string of the molecule is C=N/C(=C\C=C/C)CNCCN(Cc1ccccn1)Cc1ccccn1. The van der Waals surface area contributed by atoms with Crippen molar-refractivity contribution in [2.45, 2.75) is 20.0 Å². The van der Waals surface area contributed by atoms with Crippen LogP contribution in [0.1, 0.15) is 18.3 Å². The second-order valence-corrected chi connectivity index (χ2v) is 5.87. The van der Waals surface area contributed by atoms with Crippen molar-refractivity contribution in [3.63, 3.8) is 0 Å². The number of allylic oxidation sites excluding steroid dienone is 3. The molecule has 0 aliphatic carbocycles. The van der Waals surface area contributed by atoms with E-state index in [1.807, 2.05) is 61.8 Å². The molecule has 26 heavy (non-hydrogen) atoms. The van der Waals surface area contributed by atoms with Crippen molar-refractivity contribution in [2.75, 3.05) is 19.6 Å². The van der Waals surface area contributed by atoms with Crippen LogP contribution in [-0.4, -0.2) is 41.2 Å². The van der Waals surface area contributed by atoms with E-state index in [4.69, 9.17) is 0 Å². The maximum absolute atomic E-state index is 4.44. The molecule has 5 heteroatoms. The maximum Gasteiger partial charge on any atom is 0.0544 e. The molecule has 0 aromatic carbocycles. The molecule has 0 bridgehead atoms. The van der Waals surface area contributed by atoms with Crippen molar-refractivity contribution < 1.29 is 0 Å². The molecule has 0 aliphatic heterocycles. The van der Waals surface area contributed by atoms with Gasteiger partial charge in [-0.2, -0.15) is 0 Å². The molecule has 0 saturated carbocycles. The molecule has 2 rings (SSSR count). The zero-order valence-corrected chi connectivity index (χ0v) is 15.4. The van der Waals surface area contributed by atoms with Crippen molar-refractivity contribution in [3.8, 4) is 0 Å². The van der Waals surface area contributed by atoms with Gasteiger partial charge in [0.1, 0.15) is 0 Å². The van der Waals surface area contributed by atoms with Gasteiger partial charge in [0, 0.05) is 45.1 Å². The number of nitrogens with one attached hydrogen (secondary N) is 1. The van der Waals surface area contributed by atoms with Gasteiger partial charge in [-0.1, -0.05) is 24.3 Å². The van der Waals surface area contributed by atoms with E-state index >= 15 is 0 Å². The van der Waals surface area contributed by atoms with Gasteiger partial charge in [-0.15, -0.1) is 0 Å². The summed E-state index contributed by atoms with van der Waals surface area (Å²) in [5, 5.41) is 3.43. The Morgan fingerprint density at radius 1 is 1.12 bits per heavy atom. The first-order valence-corrected chi connectivity index (χ1v) is 8.83. The van der Waals surface area contributed by atoms with E-state index in [1.54, 1.807) is 0 Å². The average molecular weight is 349 g/mol. The molecule has 0 radical (unpaired) electrons. The fourth-order valence-electron chi connectivity index (χ4n) is 2.48. The second kappa shape index (κ2) is 11.8. The van der Waals surface area contributed by atoms with E-state index < -0.39 is 0 Å². The molecule has 5 nitrogen and oxygen atoms in total. The summed E-state index contributed by atoms with van der Waals surface area (Å²) in [6.07, 6.45) is 9.59. The largest absolute Gasteiger partial charge is 0.310 e. The molecule has 0 saturated heterocycles. The molecule has 0 spiro atoms. The van der Waals surface area contributed by atoms with Crippen LogP contribution < -0.4 is 5.32 Å². The summed E-state index contributed by atoms with van der Waals surface area (Å²) in [5.41, 5.74) is 3.05. The molecule has 0 amide bonds. The lowest BCUT2D eigenvalue weighted by molar-refractivity contribution is 0.251. The normalized spacial score (nSPS) is 12.0. The van der Waals surface area contributed by atoms with Gasteiger partial charge in [0.15, 0.2) is 0 Å². The van der Waals surface area contributed by atoms with Crippen LogP contribution in [-0.2, 0) is 13.1 Å². The molecular weight excluding hydrogens is 322 g/mol. The number of hydrogen-bond donors (Lipinski definition) is 1. The highest BCUT2D eigenvalue weighted by atomic mass is 15.1. The molecule has 1 N–H and O–H groups in total. The molecule has 0 unspecified atom stereocenters. The van der Waals surface area contributed by atoms with Gasteiger partial charge in [0.25, 0.3) is 0 Å². The lowest BCUT2D eigenvalue weighted by Gasteiger charge is -2.22. The lowest BCUT2D eigenvalue weighted by Crippen LogP contribution is -2.32. The molecule has 136 valence electrons. The Bertz CT molecular complexity index is 653. The van der Waals surface area contributed by atoms with Crippen molar-refractivity contribution in [3.05, 3.63) is 84.1 Å². The van der Waals surface area contributed by atoms with E-state index in [0.717, 1.165) is 43.3 Å². The Hall–Kier alpha value is -2.63. The van der Waals surface area contributed by atoms with Crippen LogP contribution in [0.15, 0.2) is 77.7 Å². The summed E-state index contributed by atoms with van der Waals surface area (Å²) < 4.78 is 0. The van der Waals surface area contributed by atoms with Gasteiger partial charge >= 0.3 is 0 Å². The first-order valence-electron chi connectivity index (χ1n) is 8.83. The minimum atomic E-state index is 0.703. The Morgan fingerprint density at radius 3 is 2.27 bits per heavy atom. The Labute approximate surface area is 156 Å². The first kappa shape index (κ1) is 19.7. The van der Waals surface area contributed by atoms with Crippen LogP contribution in [0.2, 0.25) is 0 Å². The van der Waals surface area contributed by atoms with Crippen LogP contribution in [0.4, 0.5) is 0 Å². The highest BCUT2D eigenvalue weighted by Gasteiger charge is 2.08. The van der Waals surface area contributed by atoms with Gasteiger partial charge in [0.2, 0.25) is 0 Å². The molecule has 2 aromatic heterocycles. The van der Waals surface area contributed by atoms with Crippen LogP contribution in [0.5, 0.6) is 0 Å². The smallest absolute Gasteiger partial charge is 0.0544 e. The summed E-state index contributed by atoms with van der Waals surface area (Å²) in [5.74, 6) is 0.